The molecule has 1 saturated heterocycles. The zero-order valence-corrected chi connectivity index (χ0v) is 15.3. The van der Waals surface area contributed by atoms with Gasteiger partial charge in [-0.2, -0.15) is 5.10 Å². The number of aromatic nitrogens is 4. The highest BCUT2D eigenvalue weighted by atomic mass is 16.3. The van der Waals surface area contributed by atoms with Crippen LogP contribution in [0.25, 0.3) is 16.9 Å². The van der Waals surface area contributed by atoms with E-state index in [2.05, 4.69) is 27.5 Å². The fourth-order valence-corrected chi connectivity index (χ4v) is 3.72. The van der Waals surface area contributed by atoms with Gasteiger partial charge in [0.1, 0.15) is 11.4 Å². The summed E-state index contributed by atoms with van der Waals surface area (Å²) >= 11 is 0. The third-order valence-corrected chi connectivity index (χ3v) is 5.45. The van der Waals surface area contributed by atoms with Gasteiger partial charge in [-0.05, 0) is 61.5 Å². The summed E-state index contributed by atoms with van der Waals surface area (Å²) in [6.07, 6.45) is 6.30. The molecule has 0 amide bonds. The molecule has 1 aliphatic heterocycles. The number of phenols is 1. The Morgan fingerprint density at radius 2 is 2.00 bits per heavy atom. The van der Waals surface area contributed by atoms with Crippen molar-refractivity contribution in [2.24, 2.45) is 5.92 Å². The largest absolute Gasteiger partial charge is 0.507 e. The summed E-state index contributed by atoms with van der Waals surface area (Å²) in [7, 11) is 0. The second-order valence-corrected chi connectivity index (χ2v) is 7.11. The van der Waals surface area contributed by atoms with Crippen LogP contribution in [0.1, 0.15) is 31.2 Å². The van der Waals surface area contributed by atoms with E-state index in [1.54, 1.807) is 22.9 Å². The molecule has 0 bridgehead atoms. The van der Waals surface area contributed by atoms with Crippen LogP contribution in [0.3, 0.4) is 0 Å². The molecular formula is C20H24N6O. The fourth-order valence-electron chi connectivity index (χ4n) is 3.72. The van der Waals surface area contributed by atoms with E-state index in [4.69, 9.17) is 5.73 Å². The minimum atomic E-state index is 0.156. The molecule has 0 saturated carbocycles. The number of nitrogens with two attached hydrogens (primary N) is 1. The summed E-state index contributed by atoms with van der Waals surface area (Å²) in [5, 5.41) is 26.2. The SMILES string of the molecule is CC(c1cnn(-c2cc(-c3ccccc3O)nnc2N)c1)C1CCNCC1. The van der Waals surface area contributed by atoms with Gasteiger partial charge in [-0.3, -0.25) is 0 Å². The number of anilines is 1. The number of piperidine rings is 1. The van der Waals surface area contributed by atoms with E-state index in [-0.39, 0.29) is 5.75 Å². The lowest BCUT2D eigenvalue weighted by Gasteiger charge is -2.27. The van der Waals surface area contributed by atoms with Crippen molar-refractivity contribution in [3.8, 4) is 22.7 Å². The number of rotatable bonds is 4. The van der Waals surface area contributed by atoms with Crippen LogP contribution in [0.4, 0.5) is 5.82 Å². The number of nitrogen functional groups attached to an aromatic ring is 1. The van der Waals surface area contributed by atoms with E-state index >= 15 is 0 Å². The van der Waals surface area contributed by atoms with Crippen molar-refractivity contribution in [1.82, 2.24) is 25.3 Å². The lowest BCUT2D eigenvalue weighted by atomic mass is 9.83. The maximum Gasteiger partial charge on any atom is 0.172 e. The Bertz CT molecular complexity index is 932. The van der Waals surface area contributed by atoms with Crippen molar-refractivity contribution >= 4 is 5.82 Å². The van der Waals surface area contributed by atoms with Gasteiger partial charge >= 0.3 is 0 Å². The van der Waals surface area contributed by atoms with E-state index in [0.717, 1.165) is 13.1 Å². The van der Waals surface area contributed by atoms with Crippen LogP contribution < -0.4 is 11.1 Å². The summed E-state index contributed by atoms with van der Waals surface area (Å²) in [5.41, 5.74) is 9.09. The van der Waals surface area contributed by atoms with E-state index in [1.165, 1.54) is 18.4 Å². The van der Waals surface area contributed by atoms with E-state index in [1.807, 2.05) is 24.5 Å². The van der Waals surface area contributed by atoms with Gasteiger partial charge in [0, 0.05) is 11.8 Å². The number of aromatic hydroxyl groups is 1. The maximum absolute atomic E-state index is 10.1. The molecule has 0 spiro atoms. The molecule has 1 aliphatic rings. The molecule has 2 aromatic heterocycles. The first-order chi connectivity index (χ1) is 13.1. The third kappa shape index (κ3) is 3.50. The van der Waals surface area contributed by atoms with E-state index < -0.39 is 0 Å². The third-order valence-electron chi connectivity index (χ3n) is 5.45. The van der Waals surface area contributed by atoms with Gasteiger partial charge in [-0.25, -0.2) is 4.68 Å². The minimum absolute atomic E-state index is 0.156. The Labute approximate surface area is 158 Å². The van der Waals surface area contributed by atoms with Crippen molar-refractivity contribution in [2.75, 3.05) is 18.8 Å². The molecule has 0 radical (unpaired) electrons. The van der Waals surface area contributed by atoms with Crippen LogP contribution in [0, 0.1) is 5.92 Å². The Hall–Kier alpha value is -2.93. The molecule has 3 aromatic rings. The van der Waals surface area contributed by atoms with Crippen molar-refractivity contribution in [3.05, 3.63) is 48.3 Å². The standard InChI is InChI=1S/C20H24N6O/c1-13(14-6-8-22-9-7-14)15-11-23-26(12-15)18-10-17(24-25-20(18)21)16-4-2-3-5-19(16)27/h2-5,10-14,22,27H,6-9H2,1H3,(H2,21,25). The molecule has 1 aromatic carbocycles. The van der Waals surface area contributed by atoms with Gasteiger partial charge in [-0.15, -0.1) is 10.2 Å². The Morgan fingerprint density at radius 3 is 2.78 bits per heavy atom. The summed E-state index contributed by atoms with van der Waals surface area (Å²) in [4.78, 5) is 0. The number of nitrogens with zero attached hydrogens (tertiary/aromatic N) is 4. The van der Waals surface area contributed by atoms with Gasteiger partial charge in [0.15, 0.2) is 5.82 Å². The van der Waals surface area contributed by atoms with Crippen LogP contribution in [0.2, 0.25) is 0 Å². The van der Waals surface area contributed by atoms with Gasteiger partial charge in [-0.1, -0.05) is 19.1 Å². The molecule has 140 valence electrons. The van der Waals surface area contributed by atoms with Gasteiger partial charge < -0.3 is 16.2 Å². The lowest BCUT2D eigenvalue weighted by Crippen LogP contribution is -2.30. The predicted molar refractivity (Wildman–Crippen MR) is 105 cm³/mol. The first-order valence-electron chi connectivity index (χ1n) is 9.30. The Kier molecular flexibility index (Phi) is 4.77. The smallest absolute Gasteiger partial charge is 0.172 e. The summed E-state index contributed by atoms with van der Waals surface area (Å²) < 4.78 is 1.75. The number of phenolic OH excluding ortho intramolecular Hbond substituents is 1. The number of hydrogen-bond donors (Lipinski definition) is 3. The van der Waals surface area contributed by atoms with Crippen LogP contribution in [0.5, 0.6) is 5.75 Å². The molecule has 0 aliphatic carbocycles. The first-order valence-corrected chi connectivity index (χ1v) is 9.30. The first kappa shape index (κ1) is 17.5. The van der Waals surface area contributed by atoms with Crippen molar-refractivity contribution in [1.29, 1.82) is 0 Å². The Balaban J connectivity index is 1.65. The normalized spacial score (nSPS) is 16.3. The summed E-state index contributed by atoms with van der Waals surface area (Å²) in [5.74, 6) is 1.56. The zero-order valence-electron chi connectivity index (χ0n) is 15.3. The number of para-hydroxylation sites is 1. The maximum atomic E-state index is 10.1. The minimum Gasteiger partial charge on any atom is -0.507 e. The quantitative estimate of drug-likeness (QED) is 0.658. The highest BCUT2D eigenvalue weighted by molar-refractivity contribution is 5.70. The molecule has 7 nitrogen and oxygen atoms in total. The molecule has 4 rings (SSSR count). The van der Waals surface area contributed by atoms with Gasteiger partial charge in [0.2, 0.25) is 0 Å². The van der Waals surface area contributed by atoms with Crippen LogP contribution in [-0.4, -0.2) is 38.2 Å². The topological polar surface area (TPSA) is 102 Å². The fraction of sp³-hybridized carbons (Fsp3) is 0.350. The highest BCUT2D eigenvalue weighted by Gasteiger charge is 2.22. The number of nitrogens with one attached hydrogen (secondary N) is 1. The molecule has 3 heterocycles. The molecule has 4 N–H and O–H groups in total. The predicted octanol–water partition coefficient (Wildman–Crippen LogP) is 2.72. The molecule has 7 heteroatoms. The van der Waals surface area contributed by atoms with Crippen LogP contribution in [0.15, 0.2) is 42.7 Å². The van der Waals surface area contributed by atoms with Crippen molar-refractivity contribution in [2.45, 2.75) is 25.7 Å². The van der Waals surface area contributed by atoms with Gasteiger partial charge in [0.05, 0.1) is 11.9 Å². The zero-order chi connectivity index (χ0) is 18.8. The van der Waals surface area contributed by atoms with Crippen molar-refractivity contribution in [3.63, 3.8) is 0 Å². The summed E-state index contributed by atoms with van der Waals surface area (Å²) in [6.45, 7) is 4.42. The Morgan fingerprint density at radius 1 is 1.22 bits per heavy atom. The molecule has 1 unspecified atom stereocenters. The van der Waals surface area contributed by atoms with E-state index in [9.17, 15) is 5.11 Å². The number of hydrogen-bond acceptors (Lipinski definition) is 6. The molecule has 27 heavy (non-hydrogen) atoms. The average molecular weight is 364 g/mol. The van der Waals surface area contributed by atoms with Crippen LogP contribution >= 0.6 is 0 Å². The molecule has 1 fully saturated rings. The monoisotopic (exact) mass is 364 g/mol. The average Bonchev–Trinajstić information content (AvgIpc) is 3.19. The molecule has 1 atom stereocenters. The number of benzene rings is 1. The van der Waals surface area contributed by atoms with E-state index in [0.29, 0.717) is 34.6 Å². The highest BCUT2D eigenvalue weighted by Crippen LogP contribution is 2.32. The lowest BCUT2D eigenvalue weighted by molar-refractivity contribution is 0.330. The second-order valence-electron chi connectivity index (χ2n) is 7.11. The van der Waals surface area contributed by atoms with Gasteiger partial charge in [0.25, 0.3) is 0 Å². The van der Waals surface area contributed by atoms with Crippen LogP contribution in [-0.2, 0) is 0 Å². The summed E-state index contributed by atoms with van der Waals surface area (Å²) in [6, 6.07) is 8.85. The second kappa shape index (κ2) is 7.36. The molecular weight excluding hydrogens is 340 g/mol. The van der Waals surface area contributed by atoms with Crippen molar-refractivity contribution < 1.29 is 5.11 Å².